The summed E-state index contributed by atoms with van der Waals surface area (Å²) in [6.45, 7) is 3.58. The van der Waals surface area contributed by atoms with Crippen LogP contribution < -0.4 is 17.0 Å². The maximum Gasteiger partial charge on any atom is 0.335 e. The minimum absolute atomic E-state index is 0.109. The Balaban J connectivity index is 2.18. The Bertz CT molecular complexity index is 1330. The van der Waals surface area contributed by atoms with Gasteiger partial charge < -0.3 is 4.74 Å². The van der Waals surface area contributed by atoms with Crippen LogP contribution in [0.15, 0.2) is 57.0 Å². The van der Waals surface area contributed by atoms with E-state index in [0.29, 0.717) is 10.7 Å². The first-order valence-electron chi connectivity index (χ1n) is 9.76. The molecule has 2 aromatic carbocycles. The van der Waals surface area contributed by atoms with Crippen molar-refractivity contribution in [2.24, 2.45) is 10.9 Å². The molecule has 0 amide bonds. The Hall–Kier alpha value is -2.66. The highest BCUT2D eigenvalue weighted by Gasteiger charge is 2.18. The predicted molar refractivity (Wildman–Crippen MR) is 130 cm³/mol. The number of hydrogen-bond acceptors (Lipinski definition) is 5. The van der Waals surface area contributed by atoms with Crippen molar-refractivity contribution in [3.05, 3.63) is 88.8 Å². The Labute approximate surface area is 202 Å². The number of H-pyrrole nitrogens is 1. The molecule has 0 saturated heterocycles. The van der Waals surface area contributed by atoms with Gasteiger partial charge in [-0.25, -0.2) is 19.1 Å². The van der Waals surface area contributed by atoms with Crippen molar-refractivity contribution in [1.82, 2.24) is 14.1 Å². The first-order chi connectivity index (χ1) is 15.2. The van der Waals surface area contributed by atoms with Crippen molar-refractivity contribution in [2.75, 3.05) is 7.11 Å². The molecule has 0 aliphatic carbocycles. The lowest BCUT2D eigenvalue weighted by Crippen LogP contribution is -2.51. The van der Waals surface area contributed by atoms with E-state index in [-0.39, 0.29) is 18.7 Å². The van der Waals surface area contributed by atoms with E-state index < -0.39 is 23.3 Å². The average molecular weight is 569 g/mol. The largest absolute Gasteiger partial charge is 0.469 e. The van der Waals surface area contributed by atoms with E-state index in [1.165, 1.54) is 11.7 Å². The fraction of sp³-hybridized carbons (Fsp3) is 0.273. The van der Waals surface area contributed by atoms with Crippen molar-refractivity contribution in [3.8, 4) is 0 Å². The average Bonchev–Trinajstić information content (AvgIpc) is 2.77. The highest BCUT2D eigenvalue weighted by molar-refractivity contribution is 14.1. The van der Waals surface area contributed by atoms with E-state index in [1.807, 2.05) is 25.1 Å². The second-order valence-corrected chi connectivity index (χ2v) is 8.93. The smallest absolute Gasteiger partial charge is 0.335 e. The summed E-state index contributed by atoms with van der Waals surface area (Å²) in [6.07, 6.45) is 0. The van der Waals surface area contributed by atoms with Gasteiger partial charge in [0.25, 0.3) is 0 Å². The molecule has 168 valence electrons. The normalized spacial score (nSPS) is 12.6. The predicted octanol–water partition coefficient (Wildman–Crippen LogP) is 2.99. The number of esters is 1. The van der Waals surface area contributed by atoms with Crippen LogP contribution in [0.25, 0.3) is 0 Å². The molecular formula is C22H22ClIN4O4. The van der Waals surface area contributed by atoms with Crippen LogP contribution in [0.5, 0.6) is 0 Å². The molecule has 0 fully saturated rings. The number of aryl methyl sites for hydroxylation is 1. The minimum Gasteiger partial charge on any atom is -0.469 e. The summed E-state index contributed by atoms with van der Waals surface area (Å²) in [4.78, 5) is 45.1. The number of rotatable bonds is 6. The number of halogens is 2. The first kappa shape index (κ1) is 24.0. The van der Waals surface area contributed by atoms with E-state index in [2.05, 4.69) is 32.6 Å². The van der Waals surface area contributed by atoms with Crippen LogP contribution >= 0.6 is 34.2 Å². The van der Waals surface area contributed by atoms with Crippen LogP contribution in [0.4, 0.5) is 5.69 Å². The number of benzene rings is 2. The van der Waals surface area contributed by atoms with Crippen LogP contribution in [0, 0.1) is 16.4 Å². The maximum absolute atomic E-state index is 13.3. The van der Waals surface area contributed by atoms with Crippen molar-refractivity contribution in [1.29, 1.82) is 0 Å². The lowest BCUT2D eigenvalue weighted by molar-refractivity contribution is -0.145. The number of carbonyl (C=O) groups is 1. The molecule has 0 radical (unpaired) electrons. The highest BCUT2D eigenvalue weighted by atomic mass is 127. The monoisotopic (exact) mass is 568 g/mol. The molecule has 1 N–H and O–H groups in total. The van der Waals surface area contributed by atoms with Crippen molar-refractivity contribution in [2.45, 2.75) is 26.9 Å². The molecule has 0 spiro atoms. The Kier molecular flexibility index (Phi) is 7.73. The Morgan fingerprint density at radius 1 is 1.19 bits per heavy atom. The molecule has 0 bridgehead atoms. The van der Waals surface area contributed by atoms with Gasteiger partial charge in [-0.2, -0.15) is 0 Å². The third-order valence-corrected chi connectivity index (χ3v) is 6.33. The zero-order valence-corrected chi connectivity index (χ0v) is 20.7. The maximum atomic E-state index is 13.3. The lowest BCUT2D eigenvalue weighted by Gasteiger charge is -2.14. The molecule has 1 atom stereocenters. The molecular weight excluding hydrogens is 547 g/mol. The second-order valence-electron chi connectivity index (χ2n) is 7.33. The summed E-state index contributed by atoms with van der Waals surface area (Å²) in [5.74, 6) is -1.19. The summed E-state index contributed by atoms with van der Waals surface area (Å²) < 4.78 is 8.14. The van der Waals surface area contributed by atoms with Crippen LogP contribution in [0.3, 0.4) is 0 Å². The second kappa shape index (κ2) is 10.3. The van der Waals surface area contributed by atoms with E-state index >= 15 is 0 Å². The highest BCUT2D eigenvalue weighted by Crippen LogP contribution is 2.18. The molecule has 8 nitrogen and oxygen atoms in total. The van der Waals surface area contributed by atoms with Gasteiger partial charge in [-0.3, -0.25) is 14.3 Å². The molecule has 1 heterocycles. The standard InChI is InChI=1S/C22H22ClIN4O4/c1-13-10-17(8-9-18(13)24)25-20-26-21(30)28(11-14(2)19(29)32-3)22(31)27(20)12-15-4-6-16(23)7-5-15/h4-10,14H,11-12H2,1-3H3,(H,25,26,30)/t14-/m0/s1. The molecule has 0 aliphatic rings. The SMILES string of the molecule is COC(=O)[C@@H](C)Cn1c(=O)[nH]c(=Nc2ccc(I)c(C)c2)n(Cc2ccc(Cl)cc2)c1=O. The number of nitrogens with one attached hydrogen (secondary N) is 1. The molecule has 32 heavy (non-hydrogen) atoms. The fourth-order valence-electron chi connectivity index (χ4n) is 3.09. The lowest BCUT2D eigenvalue weighted by atomic mass is 10.2. The molecule has 10 heteroatoms. The summed E-state index contributed by atoms with van der Waals surface area (Å²) in [5.41, 5.74) is 1.30. The van der Waals surface area contributed by atoms with Crippen LogP contribution in [-0.4, -0.2) is 27.2 Å². The van der Waals surface area contributed by atoms with Gasteiger partial charge in [-0.15, -0.1) is 0 Å². The van der Waals surface area contributed by atoms with Gasteiger partial charge in [0, 0.05) is 15.1 Å². The van der Waals surface area contributed by atoms with E-state index in [1.54, 1.807) is 31.2 Å². The number of aromatic nitrogens is 3. The zero-order chi connectivity index (χ0) is 23.4. The first-order valence-corrected chi connectivity index (χ1v) is 11.2. The van der Waals surface area contributed by atoms with Crippen molar-refractivity contribution in [3.63, 3.8) is 0 Å². The number of carbonyl (C=O) groups excluding carboxylic acids is 1. The molecule has 0 saturated carbocycles. The molecule has 3 rings (SSSR count). The van der Waals surface area contributed by atoms with Gasteiger partial charge in [0.1, 0.15) is 0 Å². The number of methoxy groups -OCH3 is 1. The van der Waals surface area contributed by atoms with Crippen LogP contribution in [-0.2, 0) is 22.6 Å². The number of aromatic amines is 1. The fourth-order valence-corrected chi connectivity index (χ4v) is 3.55. The summed E-state index contributed by atoms with van der Waals surface area (Å²) in [7, 11) is 1.26. The van der Waals surface area contributed by atoms with E-state index in [9.17, 15) is 14.4 Å². The van der Waals surface area contributed by atoms with Gasteiger partial charge in [0.05, 0.1) is 25.3 Å². The Morgan fingerprint density at radius 2 is 1.88 bits per heavy atom. The summed E-state index contributed by atoms with van der Waals surface area (Å²) >= 11 is 8.20. The van der Waals surface area contributed by atoms with Gasteiger partial charge in [-0.1, -0.05) is 30.7 Å². The summed E-state index contributed by atoms with van der Waals surface area (Å²) in [6, 6.07) is 12.6. The van der Waals surface area contributed by atoms with Gasteiger partial charge in [0.15, 0.2) is 0 Å². The number of nitrogens with zero attached hydrogens (tertiary/aromatic N) is 3. The quantitative estimate of drug-likeness (QED) is 0.365. The van der Waals surface area contributed by atoms with Crippen LogP contribution in [0.2, 0.25) is 5.02 Å². The van der Waals surface area contributed by atoms with Crippen LogP contribution in [0.1, 0.15) is 18.1 Å². The van der Waals surface area contributed by atoms with E-state index in [0.717, 1.165) is 19.3 Å². The zero-order valence-electron chi connectivity index (χ0n) is 17.8. The topological polar surface area (TPSA) is 98.4 Å². The van der Waals surface area contributed by atoms with E-state index in [4.69, 9.17) is 16.3 Å². The molecule has 0 unspecified atom stereocenters. The van der Waals surface area contributed by atoms with Gasteiger partial charge in [0.2, 0.25) is 5.62 Å². The summed E-state index contributed by atoms with van der Waals surface area (Å²) in [5, 5.41) is 0.573. The van der Waals surface area contributed by atoms with Gasteiger partial charge >= 0.3 is 17.3 Å². The third kappa shape index (κ3) is 5.57. The van der Waals surface area contributed by atoms with Crippen molar-refractivity contribution < 1.29 is 9.53 Å². The molecule has 0 aliphatic heterocycles. The Morgan fingerprint density at radius 3 is 2.50 bits per heavy atom. The minimum atomic E-state index is -0.676. The molecule has 3 aromatic rings. The molecule has 1 aromatic heterocycles. The van der Waals surface area contributed by atoms with Gasteiger partial charge in [-0.05, 0) is 71.0 Å². The number of hydrogen-bond donors (Lipinski definition) is 1. The third-order valence-electron chi connectivity index (χ3n) is 4.87. The number of ether oxygens (including phenoxy) is 1. The van der Waals surface area contributed by atoms with Crippen molar-refractivity contribution >= 4 is 45.8 Å².